The van der Waals surface area contributed by atoms with Crippen LogP contribution in [0.2, 0.25) is 0 Å². The Balaban J connectivity index is 1.67. The Morgan fingerprint density at radius 1 is 0.636 bits per heavy atom. The van der Waals surface area contributed by atoms with Gasteiger partial charge in [0.2, 0.25) is 0 Å². The molecule has 0 saturated carbocycles. The lowest BCUT2D eigenvalue weighted by Crippen LogP contribution is -1.98. The van der Waals surface area contributed by atoms with Gasteiger partial charge >= 0.3 is 0 Å². The van der Waals surface area contributed by atoms with Gasteiger partial charge in [0.15, 0.2) is 5.78 Å². The molecule has 1 heteroatoms. The number of ketones is 1. The summed E-state index contributed by atoms with van der Waals surface area (Å²) in [5.41, 5.74) is 5.76. The highest BCUT2D eigenvalue weighted by Crippen LogP contribution is 2.16. The summed E-state index contributed by atoms with van der Waals surface area (Å²) in [5, 5.41) is 0. The molecule has 0 fully saturated rings. The first kappa shape index (κ1) is 27.1. The minimum absolute atomic E-state index is 0.0880. The van der Waals surface area contributed by atoms with Crippen molar-refractivity contribution in [3.63, 3.8) is 0 Å². The minimum Gasteiger partial charge on any atom is -0.289 e. The number of unbranched alkanes of at least 4 members (excludes halogenated alkanes) is 10. The second kappa shape index (κ2) is 16.5. The van der Waals surface area contributed by atoms with Crippen LogP contribution in [0.4, 0.5) is 0 Å². The van der Waals surface area contributed by atoms with Crippen LogP contribution in [0.25, 0.3) is 6.08 Å². The molecule has 0 aliphatic rings. The van der Waals surface area contributed by atoms with Crippen molar-refractivity contribution in [1.29, 1.82) is 0 Å². The van der Waals surface area contributed by atoms with Crippen molar-refractivity contribution < 1.29 is 4.79 Å². The van der Waals surface area contributed by atoms with Gasteiger partial charge in [-0.3, -0.25) is 4.79 Å². The minimum atomic E-state index is 0.0880. The van der Waals surface area contributed by atoms with E-state index in [-0.39, 0.29) is 5.78 Å². The maximum atomic E-state index is 12.7. The van der Waals surface area contributed by atoms with Gasteiger partial charge in [0, 0.05) is 5.56 Å². The maximum absolute atomic E-state index is 12.7. The summed E-state index contributed by atoms with van der Waals surface area (Å²) in [6.45, 7) is 6.55. The molecule has 0 amide bonds. The van der Waals surface area contributed by atoms with E-state index in [4.69, 9.17) is 0 Å². The zero-order valence-electron chi connectivity index (χ0n) is 21.5. The number of hydrogen-bond acceptors (Lipinski definition) is 1. The van der Waals surface area contributed by atoms with Gasteiger partial charge in [-0.15, -0.1) is 0 Å². The average molecular weight is 447 g/mol. The van der Waals surface area contributed by atoms with Gasteiger partial charge in [-0.1, -0.05) is 121 Å². The van der Waals surface area contributed by atoms with Crippen molar-refractivity contribution in [2.75, 3.05) is 0 Å². The molecule has 1 nitrogen and oxygen atoms in total. The zero-order valence-corrected chi connectivity index (χ0v) is 21.5. The fourth-order valence-corrected chi connectivity index (χ4v) is 4.37. The summed E-state index contributed by atoms with van der Waals surface area (Å²) >= 11 is 0. The predicted octanol–water partition coefficient (Wildman–Crippen LogP) is 9.56. The molecule has 0 unspecified atom stereocenters. The molecule has 0 N–H and O–H groups in total. The van der Waals surface area contributed by atoms with Crippen molar-refractivity contribution in [1.82, 2.24) is 0 Å². The highest BCUT2D eigenvalue weighted by Gasteiger charge is 2.05. The first-order valence-electron chi connectivity index (χ1n) is 13.6. The van der Waals surface area contributed by atoms with Gasteiger partial charge in [0.1, 0.15) is 0 Å². The predicted molar refractivity (Wildman–Crippen MR) is 145 cm³/mol. The summed E-state index contributed by atoms with van der Waals surface area (Å²) in [7, 11) is 0. The van der Waals surface area contributed by atoms with Crippen molar-refractivity contribution in [2.45, 2.75) is 111 Å². The van der Waals surface area contributed by atoms with E-state index >= 15 is 0 Å². The van der Waals surface area contributed by atoms with E-state index in [1.807, 2.05) is 18.2 Å². The van der Waals surface area contributed by atoms with E-state index in [1.54, 1.807) is 6.08 Å². The molecule has 0 spiro atoms. The molecule has 0 aliphatic carbocycles. The lowest BCUT2D eigenvalue weighted by molar-refractivity contribution is 0.104. The molecule has 33 heavy (non-hydrogen) atoms. The highest BCUT2D eigenvalue weighted by atomic mass is 16.1. The second-order valence-corrected chi connectivity index (χ2v) is 9.47. The Morgan fingerprint density at radius 3 is 1.67 bits per heavy atom. The fourth-order valence-electron chi connectivity index (χ4n) is 4.37. The standard InChI is InChI=1S/C32H46O/c1-4-7-8-9-10-11-12-13-14-15-16-17-29-18-20-30(21-19-29)22-23-32(33)31-25-27(5-2)24-28(6-3)26-31/h18-26H,4-17H2,1-3H3. The maximum Gasteiger partial charge on any atom is 0.185 e. The van der Waals surface area contributed by atoms with E-state index < -0.39 is 0 Å². The number of hydrogen-bond donors (Lipinski definition) is 0. The van der Waals surface area contributed by atoms with Crippen LogP contribution in [-0.2, 0) is 19.3 Å². The van der Waals surface area contributed by atoms with E-state index in [2.05, 4.69) is 51.1 Å². The monoisotopic (exact) mass is 446 g/mol. The molecule has 0 atom stereocenters. The second-order valence-electron chi connectivity index (χ2n) is 9.47. The van der Waals surface area contributed by atoms with Crippen LogP contribution < -0.4 is 0 Å². The molecule has 0 bridgehead atoms. The van der Waals surface area contributed by atoms with E-state index in [0.29, 0.717) is 0 Å². The summed E-state index contributed by atoms with van der Waals surface area (Å²) in [6.07, 6.45) is 22.0. The van der Waals surface area contributed by atoms with Crippen LogP contribution >= 0.6 is 0 Å². The number of benzene rings is 2. The first-order chi connectivity index (χ1) is 16.2. The summed E-state index contributed by atoms with van der Waals surface area (Å²) in [6, 6.07) is 15.0. The largest absolute Gasteiger partial charge is 0.289 e. The third-order valence-corrected chi connectivity index (χ3v) is 6.63. The highest BCUT2D eigenvalue weighted by molar-refractivity contribution is 6.07. The molecule has 0 aromatic heterocycles. The van der Waals surface area contributed by atoms with E-state index in [0.717, 1.165) is 30.4 Å². The van der Waals surface area contributed by atoms with Crippen molar-refractivity contribution in [3.8, 4) is 0 Å². The quantitative estimate of drug-likeness (QED) is 0.134. The van der Waals surface area contributed by atoms with Crippen LogP contribution in [0.1, 0.15) is 124 Å². The van der Waals surface area contributed by atoms with Crippen LogP contribution in [0.3, 0.4) is 0 Å². The topological polar surface area (TPSA) is 17.1 Å². The molecular weight excluding hydrogens is 400 g/mol. The smallest absolute Gasteiger partial charge is 0.185 e. The number of carbonyl (C=O) groups excluding carboxylic acids is 1. The summed E-state index contributed by atoms with van der Waals surface area (Å²) < 4.78 is 0. The van der Waals surface area contributed by atoms with Crippen molar-refractivity contribution >= 4 is 11.9 Å². The number of allylic oxidation sites excluding steroid dienone is 1. The van der Waals surface area contributed by atoms with E-state index in [9.17, 15) is 4.79 Å². The number of carbonyl (C=O) groups is 1. The normalized spacial score (nSPS) is 11.4. The van der Waals surface area contributed by atoms with Crippen molar-refractivity contribution in [2.24, 2.45) is 0 Å². The molecule has 180 valence electrons. The molecule has 0 aliphatic heterocycles. The van der Waals surface area contributed by atoms with Crippen LogP contribution in [-0.4, -0.2) is 5.78 Å². The van der Waals surface area contributed by atoms with Gasteiger partial charge in [-0.2, -0.15) is 0 Å². The molecule has 2 aromatic rings. The summed E-state index contributed by atoms with van der Waals surface area (Å²) in [5.74, 6) is 0.0880. The molecule has 0 radical (unpaired) electrons. The Hall–Kier alpha value is -2.15. The van der Waals surface area contributed by atoms with Gasteiger partial charge in [0.05, 0.1) is 0 Å². The average Bonchev–Trinajstić information content (AvgIpc) is 2.86. The Labute approximate surface area is 203 Å². The van der Waals surface area contributed by atoms with Gasteiger partial charge < -0.3 is 0 Å². The van der Waals surface area contributed by atoms with E-state index in [1.165, 1.54) is 87.3 Å². The summed E-state index contributed by atoms with van der Waals surface area (Å²) in [4.78, 5) is 12.7. The van der Waals surface area contributed by atoms with Crippen LogP contribution in [0, 0.1) is 0 Å². The molecule has 2 aromatic carbocycles. The Bertz CT molecular complexity index is 806. The number of aryl methyl sites for hydroxylation is 3. The van der Waals surface area contributed by atoms with Crippen LogP contribution in [0.15, 0.2) is 48.5 Å². The zero-order chi connectivity index (χ0) is 23.7. The number of rotatable bonds is 17. The third kappa shape index (κ3) is 11.0. The Kier molecular flexibility index (Phi) is 13.5. The van der Waals surface area contributed by atoms with Gasteiger partial charge in [0.25, 0.3) is 0 Å². The lowest BCUT2D eigenvalue weighted by Gasteiger charge is -2.05. The van der Waals surface area contributed by atoms with Crippen molar-refractivity contribution in [3.05, 3.63) is 76.4 Å². The molecule has 2 rings (SSSR count). The first-order valence-corrected chi connectivity index (χ1v) is 13.6. The third-order valence-electron chi connectivity index (χ3n) is 6.63. The van der Waals surface area contributed by atoms with Gasteiger partial charge in [-0.25, -0.2) is 0 Å². The molecular formula is C32H46O. The Morgan fingerprint density at radius 2 is 1.15 bits per heavy atom. The van der Waals surface area contributed by atoms with Crippen LogP contribution in [0.5, 0.6) is 0 Å². The molecule has 0 saturated heterocycles. The van der Waals surface area contributed by atoms with Gasteiger partial charge in [-0.05, 0) is 66.1 Å². The SMILES string of the molecule is CCCCCCCCCCCCCc1ccc(C=CC(=O)c2cc(CC)cc(CC)c2)cc1. The fraction of sp³-hybridized carbons (Fsp3) is 0.531. The lowest BCUT2D eigenvalue weighted by atomic mass is 9.99. The molecule has 0 heterocycles.